The van der Waals surface area contributed by atoms with Crippen molar-refractivity contribution in [2.75, 3.05) is 10.6 Å². The first-order valence-corrected chi connectivity index (χ1v) is 7.42. The topological polar surface area (TPSA) is 67.2 Å². The summed E-state index contributed by atoms with van der Waals surface area (Å²) in [6.07, 6.45) is 0. The van der Waals surface area contributed by atoms with Crippen LogP contribution in [0.3, 0.4) is 0 Å². The van der Waals surface area contributed by atoms with Gasteiger partial charge in [0.25, 0.3) is 0 Å². The Morgan fingerprint density at radius 3 is 2.57 bits per heavy atom. The predicted molar refractivity (Wildman–Crippen MR) is 91.0 cm³/mol. The van der Waals surface area contributed by atoms with Crippen LogP contribution in [0.2, 0.25) is 10.0 Å². The molecule has 0 aliphatic rings. The number of aromatic nitrogens is 1. The number of benzene rings is 2. The zero-order chi connectivity index (χ0) is 16.2. The normalized spacial score (nSPS) is 10.3. The van der Waals surface area contributed by atoms with Gasteiger partial charge >= 0.3 is 6.03 Å². The summed E-state index contributed by atoms with van der Waals surface area (Å²) < 4.78 is 5.20. The van der Waals surface area contributed by atoms with E-state index in [1.807, 2.05) is 30.3 Å². The molecule has 7 heteroatoms. The van der Waals surface area contributed by atoms with Crippen LogP contribution in [0.15, 0.2) is 59.1 Å². The minimum atomic E-state index is -0.498. The van der Waals surface area contributed by atoms with Gasteiger partial charge in [-0.05, 0) is 18.2 Å². The summed E-state index contributed by atoms with van der Waals surface area (Å²) in [7, 11) is 0. The predicted octanol–water partition coefficient (Wildman–Crippen LogP) is 5.29. The summed E-state index contributed by atoms with van der Waals surface area (Å²) in [5.41, 5.74) is 1.27. The van der Waals surface area contributed by atoms with Crippen LogP contribution in [-0.4, -0.2) is 11.2 Å². The van der Waals surface area contributed by atoms with E-state index < -0.39 is 6.03 Å². The summed E-state index contributed by atoms with van der Waals surface area (Å²) in [6.45, 7) is 0. The Labute approximate surface area is 142 Å². The monoisotopic (exact) mass is 347 g/mol. The quantitative estimate of drug-likeness (QED) is 0.676. The molecule has 2 N–H and O–H groups in total. The van der Waals surface area contributed by atoms with Gasteiger partial charge in [0.05, 0.1) is 10.7 Å². The van der Waals surface area contributed by atoms with E-state index in [1.54, 1.807) is 24.3 Å². The van der Waals surface area contributed by atoms with Gasteiger partial charge in [0.1, 0.15) is 0 Å². The fraction of sp³-hybridized carbons (Fsp3) is 0. The Balaban J connectivity index is 1.69. The minimum absolute atomic E-state index is 0.291. The maximum absolute atomic E-state index is 12.0. The fourth-order valence-corrected chi connectivity index (χ4v) is 2.27. The highest BCUT2D eigenvalue weighted by Gasteiger charge is 2.11. The number of hydrogen-bond donors (Lipinski definition) is 2. The number of nitrogens with zero attached hydrogens (tertiary/aromatic N) is 1. The molecule has 0 unspecified atom stereocenters. The molecule has 5 nitrogen and oxygen atoms in total. The molecule has 2 amide bonds. The molecule has 0 spiro atoms. The highest BCUT2D eigenvalue weighted by atomic mass is 35.5. The highest BCUT2D eigenvalue weighted by molar-refractivity contribution is 6.35. The molecular weight excluding hydrogens is 337 g/mol. The van der Waals surface area contributed by atoms with Crippen LogP contribution in [0.5, 0.6) is 0 Å². The van der Waals surface area contributed by atoms with Gasteiger partial charge in [-0.25, -0.2) is 4.79 Å². The van der Waals surface area contributed by atoms with Crippen LogP contribution >= 0.6 is 23.2 Å². The van der Waals surface area contributed by atoms with E-state index in [0.29, 0.717) is 27.3 Å². The molecule has 0 aliphatic heterocycles. The lowest BCUT2D eigenvalue weighted by Crippen LogP contribution is -2.19. The Hall–Kier alpha value is -2.50. The van der Waals surface area contributed by atoms with Crippen LogP contribution in [-0.2, 0) is 0 Å². The van der Waals surface area contributed by atoms with Crippen LogP contribution in [0, 0.1) is 0 Å². The van der Waals surface area contributed by atoms with E-state index in [9.17, 15) is 4.79 Å². The van der Waals surface area contributed by atoms with Crippen molar-refractivity contribution in [2.45, 2.75) is 0 Å². The van der Waals surface area contributed by atoms with E-state index in [0.717, 1.165) is 5.56 Å². The summed E-state index contributed by atoms with van der Waals surface area (Å²) in [6, 6.07) is 15.4. The van der Waals surface area contributed by atoms with E-state index >= 15 is 0 Å². The number of nitrogens with one attached hydrogen (secondary N) is 2. The largest absolute Gasteiger partial charge is 0.354 e. The lowest BCUT2D eigenvalue weighted by atomic mass is 10.2. The third-order valence-electron chi connectivity index (χ3n) is 2.99. The smallest absolute Gasteiger partial charge is 0.324 e. The van der Waals surface area contributed by atoms with Crippen molar-refractivity contribution in [2.24, 2.45) is 0 Å². The number of anilines is 2. The van der Waals surface area contributed by atoms with Gasteiger partial charge in [0, 0.05) is 16.7 Å². The molecule has 1 aromatic heterocycles. The third kappa shape index (κ3) is 3.83. The molecule has 0 atom stereocenters. The SMILES string of the molecule is O=C(Nc1cc(-c2ccccc2)on1)Nc1cc(Cl)ccc1Cl. The Morgan fingerprint density at radius 2 is 1.78 bits per heavy atom. The summed E-state index contributed by atoms with van der Waals surface area (Å²) >= 11 is 11.9. The van der Waals surface area contributed by atoms with Gasteiger partial charge in [-0.3, -0.25) is 5.32 Å². The van der Waals surface area contributed by atoms with Gasteiger partial charge in [0.2, 0.25) is 0 Å². The second-order valence-corrected chi connectivity index (χ2v) is 5.49. The zero-order valence-corrected chi connectivity index (χ0v) is 13.2. The van der Waals surface area contributed by atoms with Crippen molar-refractivity contribution in [3.8, 4) is 11.3 Å². The van der Waals surface area contributed by atoms with Gasteiger partial charge in [-0.1, -0.05) is 58.7 Å². The Morgan fingerprint density at radius 1 is 1.00 bits per heavy atom. The highest BCUT2D eigenvalue weighted by Crippen LogP contribution is 2.26. The van der Waals surface area contributed by atoms with E-state index in [-0.39, 0.29) is 0 Å². The third-order valence-corrected chi connectivity index (χ3v) is 3.55. The summed E-state index contributed by atoms with van der Waals surface area (Å²) in [5.74, 6) is 0.848. The fourth-order valence-electron chi connectivity index (χ4n) is 1.94. The number of amides is 2. The van der Waals surface area contributed by atoms with Crippen molar-refractivity contribution in [3.63, 3.8) is 0 Å². The molecule has 1 heterocycles. The van der Waals surface area contributed by atoms with Crippen molar-refractivity contribution in [3.05, 3.63) is 64.6 Å². The standard InChI is InChI=1S/C16H11Cl2N3O2/c17-11-6-7-12(18)13(8-11)19-16(22)20-15-9-14(23-21-15)10-4-2-1-3-5-10/h1-9H,(H2,19,20,21,22). The maximum atomic E-state index is 12.0. The van der Waals surface area contributed by atoms with E-state index in [4.69, 9.17) is 27.7 Å². The molecule has 0 bridgehead atoms. The van der Waals surface area contributed by atoms with E-state index in [2.05, 4.69) is 15.8 Å². The molecule has 3 aromatic rings. The van der Waals surface area contributed by atoms with Crippen molar-refractivity contribution >= 4 is 40.7 Å². The molecule has 0 saturated heterocycles. The van der Waals surface area contributed by atoms with Gasteiger partial charge in [0.15, 0.2) is 11.6 Å². The number of rotatable bonds is 3. The summed E-state index contributed by atoms with van der Waals surface area (Å²) in [5, 5.41) is 9.83. The number of carbonyl (C=O) groups is 1. The van der Waals surface area contributed by atoms with E-state index in [1.165, 1.54) is 0 Å². The van der Waals surface area contributed by atoms with Gasteiger partial charge in [-0.2, -0.15) is 0 Å². The second-order valence-electron chi connectivity index (χ2n) is 4.65. The molecule has 2 aromatic carbocycles. The van der Waals surface area contributed by atoms with Crippen LogP contribution < -0.4 is 10.6 Å². The number of urea groups is 1. The molecule has 0 fully saturated rings. The number of carbonyl (C=O) groups excluding carboxylic acids is 1. The average molecular weight is 348 g/mol. The lowest BCUT2D eigenvalue weighted by molar-refractivity contribution is 0.262. The Bertz CT molecular complexity index is 834. The molecule has 0 aliphatic carbocycles. The maximum Gasteiger partial charge on any atom is 0.324 e. The number of halogens is 2. The van der Waals surface area contributed by atoms with Crippen LogP contribution in [0.4, 0.5) is 16.3 Å². The number of hydrogen-bond acceptors (Lipinski definition) is 3. The van der Waals surface area contributed by atoms with Gasteiger partial charge < -0.3 is 9.84 Å². The molecule has 116 valence electrons. The zero-order valence-electron chi connectivity index (χ0n) is 11.7. The average Bonchev–Trinajstić information content (AvgIpc) is 3.00. The first-order valence-electron chi connectivity index (χ1n) is 6.67. The molecular formula is C16H11Cl2N3O2. The molecule has 0 radical (unpaired) electrons. The first kappa shape index (κ1) is 15.4. The molecule has 0 saturated carbocycles. The molecule has 3 rings (SSSR count). The Kier molecular flexibility index (Phi) is 4.50. The lowest BCUT2D eigenvalue weighted by Gasteiger charge is -2.07. The van der Waals surface area contributed by atoms with Gasteiger partial charge in [-0.15, -0.1) is 0 Å². The van der Waals surface area contributed by atoms with Crippen LogP contribution in [0.25, 0.3) is 11.3 Å². The summed E-state index contributed by atoms with van der Waals surface area (Å²) in [4.78, 5) is 12.0. The minimum Gasteiger partial charge on any atom is -0.354 e. The second kappa shape index (κ2) is 6.73. The van der Waals surface area contributed by atoms with Crippen molar-refractivity contribution < 1.29 is 9.32 Å². The van der Waals surface area contributed by atoms with Crippen molar-refractivity contribution in [1.29, 1.82) is 0 Å². The molecule has 23 heavy (non-hydrogen) atoms. The first-order chi connectivity index (χ1) is 11.1. The van der Waals surface area contributed by atoms with Crippen LogP contribution in [0.1, 0.15) is 0 Å². The van der Waals surface area contributed by atoms with Crippen molar-refractivity contribution in [1.82, 2.24) is 5.16 Å².